The smallest absolute Gasteiger partial charge is 1.00 e. The van der Waals surface area contributed by atoms with Gasteiger partial charge in [-0.25, -0.2) is 0 Å². The van der Waals surface area contributed by atoms with Crippen molar-refractivity contribution in [3.63, 3.8) is 0 Å². The van der Waals surface area contributed by atoms with E-state index in [1.54, 1.807) is 0 Å². The van der Waals surface area contributed by atoms with Crippen molar-refractivity contribution < 1.29 is 41.3 Å². The summed E-state index contributed by atoms with van der Waals surface area (Å²) in [5, 5.41) is 8.39. The van der Waals surface area contributed by atoms with Crippen molar-refractivity contribution in [2.45, 2.75) is 0 Å². The minimum atomic E-state index is -0.446. The molecule has 0 aliphatic heterocycles. The fourth-order valence-corrected chi connectivity index (χ4v) is 8.97. The molecule has 6 rings (SSSR count). The molecular formula is C36H30Cl2NiP2. The van der Waals surface area contributed by atoms with Crippen LogP contribution in [-0.4, -0.2) is 0 Å². The molecule has 5 heteroatoms. The first kappa shape index (κ1) is 34.5. The molecule has 0 aliphatic rings. The topological polar surface area (TPSA) is 0 Å². The molecule has 41 heavy (non-hydrogen) atoms. The van der Waals surface area contributed by atoms with E-state index in [4.69, 9.17) is 0 Å². The Kier molecular flexibility index (Phi) is 15.7. The molecule has 0 aromatic heterocycles. The van der Waals surface area contributed by atoms with Gasteiger partial charge in [-0.05, 0) is 47.7 Å². The summed E-state index contributed by atoms with van der Waals surface area (Å²) in [5.41, 5.74) is 0. The van der Waals surface area contributed by atoms with Crippen molar-refractivity contribution in [3.8, 4) is 0 Å². The van der Waals surface area contributed by atoms with E-state index in [0.29, 0.717) is 0 Å². The third-order valence-electron chi connectivity index (χ3n) is 6.09. The Bertz CT molecular complexity index is 1180. The molecule has 6 aromatic carbocycles. The molecule has 0 atom stereocenters. The van der Waals surface area contributed by atoms with E-state index < -0.39 is 15.8 Å². The number of hydrogen-bond donors (Lipinski definition) is 0. The van der Waals surface area contributed by atoms with E-state index in [9.17, 15) is 0 Å². The van der Waals surface area contributed by atoms with Crippen molar-refractivity contribution in [1.82, 2.24) is 0 Å². The Balaban J connectivity index is 0.000000267. The molecule has 0 nitrogen and oxygen atoms in total. The van der Waals surface area contributed by atoms with Crippen molar-refractivity contribution >= 4 is 47.7 Å². The third-order valence-corrected chi connectivity index (χ3v) is 11.0. The number of halogens is 2. The summed E-state index contributed by atoms with van der Waals surface area (Å²) in [6.07, 6.45) is 0. The Hall–Kier alpha value is -2.75. The van der Waals surface area contributed by atoms with E-state index >= 15 is 0 Å². The maximum atomic E-state index is 2.23. The average molecular weight is 654 g/mol. The maximum Gasteiger partial charge on any atom is 2.00 e. The molecule has 208 valence electrons. The standard InChI is InChI=1S/2C18H15P.2ClH.Ni/c2*1-4-10-16(11-5-1)19(17-12-6-2-7-13-17)18-14-8-3-9-15-18;;;/h2*1-15H;2*1H;/q;;;;+2/p-2. The molecule has 0 N–H and O–H groups in total. The van der Waals surface area contributed by atoms with Crippen molar-refractivity contribution in [2.75, 3.05) is 0 Å². The van der Waals surface area contributed by atoms with Crippen LogP contribution in [0.15, 0.2) is 182 Å². The molecule has 0 amide bonds. The van der Waals surface area contributed by atoms with Gasteiger partial charge in [0.2, 0.25) is 0 Å². The molecule has 0 bridgehead atoms. The Morgan fingerprint density at radius 3 is 0.463 bits per heavy atom. The van der Waals surface area contributed by atoms with Crippen LogP contribution < -0.4 is 56.6 Å². The number of rotatable bonds is 6. The van der Waals surface area contributed by atoms with Crippen LogP contribution in [0.2, 0.25) is 0 Å². The second kappa shape index (κ2) is 18.6. The zero-order valence-corrected chi connectivity index (χ0v) is 26.6. The summed E-state index contributed by atoms with van der Waals surface area (Å²) in [6, 6.07) is 64.7. The minimum absolute atomic E-state index is 0. The maximum absolute atomic E-state index is 2.23. The monoisotopic (exact) mass is 652 g/mol. The van der Waals surface area contributed by atoms with Gasteiger partial charge >= 0.3 is 16.5 Å². The summed E-state index contributed by atoms with van der Waals surface area (Å²) >= 11 is 0. The first-order chi connectivity index (χ1) is 18.9. The van der Waals surface area contributed by atoms with E-state index in [-0.39, 0.29) is 41.3 Å². The molecule has 0 heterocycles. The molecular weight excluding hydrogens is 624 g/mol. The van der Waals surface area contributed by atoms with Gasteiger partial charge in [0, 0.05) is 0 Å². The van der Waals surface area contributed by atoms with E-state index in [1.165, 1.54) is 31.8 Å². The predicted octanol–water partition coefficient (Wildman–Crippen LogP) is 0.895. The quantitative estimate of drug-likeness (QED) is 0.185. The SMILES string of the molecule is [Cl-].[Cl-].[Ni+2].c1ccc(P(c2ccccc2)c2ccccc2)cc1.c1ccc(P(c2ccccc2)c2ccccc2)cc1. The molecule has 0 unspecified atom stereocenters. The zero-order valence-electron chi connectivity index (χ0n) is 22.3. The van der Waals surface area contributed by atoms with Gasteiger partial charge in [0.05, 0.1) is 0 Å². The van der Waals surface area contributed by atoms with Gasteiger partial charge in [-0.15, -0.1) is 0 Å². The summed E-state index contributed by atoms with van der Waals surface area (Å²) in [7, 11) is -0.892. The average Bonchev–Trinajstić information content (AvgIpc) is 3.01. The van der Waals surface area contributed by atoms with Crippen LogP contribution in [0.25, 0.3) is 0 Å². The largest absolute Gasteiger partial charge is 2.00 e. The van der Waals surface area contributed by atoms with Crippen LogP contribution in [-0.2, 0) is 16.5 Å². The normalized spacial score (nSPS) is 9.80. The molecule has 0 spiro atoms. The van der Waals surface area contributed by atoms with Gasteiger partial charge < -0.3 is 24.8 Å². The van der Waals surface area contributed by atoms with Gasteiger partial charge in [-0.3, -0.25) is 0 Å². The first-order valence-electron chi connectivity index (χ1n) is 12.8. The number of benzene rings is 6. The summed E-state index contributed by atoms with van der Waals surface area (Å²) in [4.78, 5) is 0. The number of hydrogen-bond acceptors (Lipinski definition) is 0. The van der Waals surface area contributed by atoms with Crippen molar-refractivity contribution in [1.29, 1.82) is 0 Å². The van der Waals surface area contributed by atoms with Gasteiger partial charge in [0.15, 0.2) is 0 Å². The van der Waals surface area contributed by atoms with Crippen LogP contribution in [0.4, 0.5) is 0 Å². The van der Waals surface area contributed by atoms with Gasteiger partial charge in [0.25, 0.3) is 0 Å². The molecule has 0 radical (unpaired) electrons. The fourth-order valence-electron chi connectivity index (χ4n) is 4.36. The predicted molar refractivity (Wildman–Crippen MR) is 170 cm³/mol. The van der Waals surface area contributed by atoms with Crippen LogP contribution in [0.1, 0.15) is 0 Å². The van der Waals surface area contributed by atoms with Gasteiger partial charge in [-0.1, -0.05) is 182 Å². The minimum Gasteiger partial charge on any atom is -1.00 e. The fraction of sp³-hybridized carbons (Fsp3) is 0. The van der Waals surface area contributed by atoms with Crippen molar-refractivity contribution in [3.05, 3.63) is 182 Å². The third kappa shape index (κ3) is 9.65. The summed E-state index contributed by atoms with van der Waals surface area (Å²) in [5.74, 6) is 0. The van der Waals surface area contributed by atoms with Crippen LogP contribution in [0.3, 0.4) is 0 Å². The van der Waals surface area contributed by atoms with E-state index in [1.807, 2.05) is 0 Å². The molecule has 0 saturated carbocycles. The second-order valence-electron chi connectivity index (χ2n) is 8.68. The molecule has 6 aromatic rings. The Morgan fingerprint density at radius 2 is 0.341 bits per heavy atom. The summed E-state index contributed by atoms with van der Waals surface area (Å²) < 4.78 is 0. The second-order valence-corrected chi connectivity index (χ2v) is 13.1. The molecule has 0 fully saturated rings. The van der Waals surface area contributed by atoms with Crippen LogP contribution in [0.5, 0.6) is 0 Å². The van der Waals surface area contributed by atoms with E-state index in [0.717, 1.165) is 0 Å². The first-order valence-corrected chi connectivity index (χ1v) is 15.5. The Morgan fingerprint density at radius 1 is 0.220 bits per heavy atom. The van der Waals surface area contributed by atoms with E-state index in [2.05, 4.69) is 182 Å². The van der Waals surface area contributed by atoms with Gasteiger partial charge in [0.1, 0.15) is 0 Å². The summed E-state index contributed by atoms with van der Waals surface area (Å²) in [6.45, 7) is 0. The zero-order chi connectivity index (χ0) is 25.8. The van der Waals surface area contributed by atoms with Crippen LogP contribution >= 0.6 is 15.8 Å². The Labute approximate surface area is 269 Å². The molecule has 0 saturated heterocycles. The van der Waals surface area contributed by atoms with Gasteiger partial charge in [-0.2, -0.15) is 0 Å². The van der Waals surface area contributed by atoms with Crippen LogP contribution in [0, 0.1) is 0 Å². The molecule has 0 aliphatic carbocycles. The van der Waals surface area contributed by atoms with Crippen molar-refractivity contribution in [2.24, 2.45) is 0 Å².